The average molecular weight is 214 g/mol. The van der Waals surface area contributed by atoms with Crippen LogP contribution < -0.4 is 0 Å². The lowest BCUT2D eigenvalue weighted by molar-refractivity contribution is -0.147. The molecule has 0 saturated carbocycles. The molecule has 88 valence electrons. The Labute approximate surface area is 91.9 Å². The number of piperazine rings is 1. The van der Waals surface area contributed by atoms with Crippen LogP contribution in [0.3, 0.4) is 0 Å². The van der Waals surface area contributed by atoms with E-state index in [2.05, 4.69) is 4.90 Å². The standard InChI is InChI=1S/C11H22N2O2/c1-11(2)10(15)12(3)7-8-13(11)6-4-5-9-14/h14H,4-9H2,1-3H3. The highest BCUT2D eigenvalue weighted by Gasteiger charge is 2.39. The molecular formula is C11H22N2O2. The molecule has 4 heteroatoms. The van der Waals surface area contributed by atoms with Gasteiger partial charge in [0.2, 0.25) is 5.91 Å². The van der Waals surface area contributed by atoms with Crippen molar-refractivity contribution < 1.29 is 9.90 Å². The lowest BCUT2D eigenvalue weighted by atomic mass is 9.97. The molecule has 4 nitrogen and oxygen atoms in total. The van der Waals surface area contributed by atoms with Crippen LogP contribution in [0.2, 0.25) is 0 Å². The Morgan fingerprint density at radius 1 is 1.33 bits per heavy atom. The van der Waals surface area contributed by atoms with Gasteiger partial charge >= 0.3 is 0 Å². The van der Waals surface area contributed by atoms with E-state index >= 15 is 0 Å². The van der Waals surface area contributed by atoms with Crippen molar-refractivity contribution in [2.24, 2.45) is 0 Å². The third-order valence-corrected chi connectivity index (χ3v) is 3.20. The van der Waals surface area contributed by atoms with Gasteiger partial charge < -0.3 is 10.0 Å². The number of carbonyl (C=O) groups is 1. The number of rotatable bonds is 4. The summed E-state index contributed by atoms with van der Waals surface area (Å²) in [5.74, 6) is 0.192. The Balaban J connectivity index is 2.54. The summed E-state index contributed by atoms with van der Waals surface area (Å²) in [6.07, 6.45) is 1.77. The van der Waals surface area contributed by atoms with Crippen molar-refractivity contribution in [3.63, 3.8) is 0 Å². The van der Waals surface area contributed by atoms with Crippen molar-refractivity contribution in [1.29, 1.82) is 0 Å². The predicted molar refractivity (Wildman–Crippen MR) is 59.6 cm³/mol. The molecule has 0 aliphatic carbocycles. The van der Waals surface area contributed by atoms with E-state index in [1.165, 1.54) is 0 Å². The van der Waals surface area contributed by atoms with E-state index in [1.54, 1.807) is 4.90 Å². The van der Waals surface area contributed by atoms with Crippen molar-refractivity contribution >= 4 is 5.91 Å². The van der Waals surface area contributed by atoms with Crippen LogP contribution in [0.4, 0.5) is 0 Å². The van der Waals surface area contributed by atoms with Crippen LogP contribution in [0.1, 0.15) is 26.7 Å². The fourth-order valence-corrected chi connectivity index (χ4v) is 2.06. The van der Waals surface area contributed by atoms with Crippen molar-refractivity contribution in [3.05, 3.63) is 0 Å². The second-order valence-corrected chi connectivity index (χ2v) is 4.70. The topological polar surface area (TPSA) is 43.8 Å². The number of carbonyl (C=O) groups excluding carboxylic acids is 1. The van der Waals surface area contributed by atoms with Crippen LogP contribution in [0.25, 0.3) is 0 Å². The molecule has 15 heavy (non-hydrogen) atoms. The predicted octanol–water partition coefficient (Wildman–Crippen LogP) is 0.311. The number of hydrogen-bond acceptors (Lipinski definition) is 3. The average Bonchev–Trinajstić information content (AvgIpc) is 2.19. The first-order valence-electron chi connectivity index (χ1n) is 5.61. The van der Waals surface area contributed by atoms with Crippen molar-refractivity contribution in [1.82, 2.24) is 9.80 Å². The van der Waals surface area contributed by atoms with Crippen LogP contribution in [-0.4, -0.2) is 59.6 Å². The van der Waals surface area contributed by atoms with Gasteiger partial charge in [-0.1, -0.05) is 0 Å². The lowest BCUT2D eigenvalue weighted by Crippen LogP contribution is -2.62. The van der Waals surface area contributed by atoms with E-state index in [0.29, 0.717) is 0 Å². The number of hydrogen-bond donors (Lipinski definition) is 1. The molecule has 1 saturated heterocycles. The number of likely N-dealkylation sites (N-methyl/N-ethyl adjacent to an activating group) is 1. The minimum atomic E-state index is -0.386. The molecule has 1 aliphatic heterocycles. The number of nitrogens with zero attached hydrogens (tertiary/aromatic N) is 2. The fourth-order valence-electron chi connectivity index (χ4n) is 2.06. The highest BCUT2D eigenvalue weighted by atomic mass is 16.2. The number of aliphatic hydroxyl groups excluding tert-OH is 1. The zero-order chi connectivity index (χ0) is 11.5. The number of unbranched alkanes of at least 4 members (excludes halogenated alkanes) is 1. The van der Waals surface area contributed by atoms with Crippen LogP contribution in [0.15, 0.2) is 0 Å². The molecule has 0 spiro atoms. The van der Waals surface area contributed by atoms with Gasteiger partial charge in [-0.3, -0.25) is 9.69 Å². The smallest absolute Gasteiger partial charge is 0.242 e. The molecule has 0 aromatic heterocycles. The van der Waals surface area contributed by atoms with Gasteiger partial charge in [-0.05, 0) is 33.2 Å². The molecule has 1 heterocycles. The van der Waals surface area contributed by atoms with Crippen molar-refractivity contribution in [2.45, 2.75) is 32.2 Å². The second kappa shape index (κ2) is 4.94. The summed E-state index contributed by atoms with van der Waals surface area (Å²) in [6.45, 7) is 6.82. The maximum Gasteiger partial charge on any atom is 0.242 e. The van der Waals surface area contributed by atoms with Gasteiger partial charge in [0, 0.05) is 26.7 Å². The Morgan fingerprint density at radius 3 is 2.60 bits per heavy atom. The van der Waals surface area contributed by atoms with E-state index in [1.807, 2.05) is 20.9 Å². The van der Waals surface area contributed by atoms with Crippen LogP contribution in [-0.2, 0) is 4.79 Å². The minimum Gasteiger partial charge on any atom is -0.396 e. The molecule has 0 aromatic rings. The molecule has 1 N–H and O–H groups in total. The van der Waals surface area contributed by atoms with Gasteiger partial charge in [-0.25, -0.2) is 0 Å². The highest BCUT2D eigenvalue weighted by molar-refractivity contribution is 5.86. The van der Waals surface area contributed by atoms with Crippen molar-refractivity contribution in [3.8, 4) is 0 Å². The normalized spacial score (nSPS) is 22.1. The van der Waals surface area contributed by atoms with Crippen LogP contribution in [0.5, 0.6) is 0 Å². The van der Waals surface area contributed by atoms with Crippen molar-refractivity contribution in [2.75, 3.05) is 33.3 Å². The molecule has 0 unspecified atom stereocenters. The zero-order valence-corrected chi connectivity index (χ0v) is 9.99. The first-order valence-corrected chi connectivity index (χ1v) is 5.61. The van der Waals surface area contributed by atoms with E-state index < -0.39 is 0 Å². The summed E-state index contributed by atoms with van der Waals surface area (Å²) < 4.78 is 0. The summed E-state index contributed by atoms with van der Waals surface area (Å²) in [4.78, 5) is 15.9. The molecule has 1 aliphatic rings. The molecule has 1 fully saturated rings. The summed E-state index contributed by atoms with van der Waals surface area (Å²) >= 11 is 0. The van der Waals surface area contributed by atoms with E-state index in [9.17, 15) is 4.79 Å². The van der Waals surface area contributed by atoms with E-state index in [0.717, 1.165) is 32.5 Å². The van der Waals surface area contributed by atoms with E-state index in [-0.39, 0.29) is 18.1 Å². The second-order valence-electron chi connectivity index (χ2n) is 4.70. The van der Waals surface area contributed by atoms with Gasteiger partial charge in [0.05, 0.1) is 5.54 Å². The van der Waals surface area contributed by atoms with Gasteiger partial charge in [0.25, 0.3) is 0 Å². The summed E-state index contributed by atoms with van der Waals surface area (Å²) in [5, 5.41) is 8.73. The van der Waals surface area contributed by atoms with Gasteiger partial charge in [-0.2, -0.15) is 0 Å². The summed E-state index contributed by atoms with van der Waals surface area (Å²) in [6, 6.07) is 0. The molecular weight excluding hydrogens is 192 g/mol. The highest BCUT2D eigenvalue weighted by Crippen LogP contribution is 2.21. The quantitative estimate of drug-likeness (QED) is 0.685. The third kappa shape index (κ3) is 2.69. The van der Waals surface area contributed by atoms with Gasteiger partial charge in [0.1, 0.15) is 0 Å². The SMILES string of the molecule is CN1CCN(CCCCO)C(C)(C)C1=O. The minimum absolute atomic E-state index is 0.192. The maximum absolute atomic E-state index is 11.9. The summed E-state index contributed by atoms with van der Waals surface area (Å²) in [7, 11) is 1.86. The number of aliphatic hydroxyl groups is 1. The Hall–Kier alpha value is -0.610. The first-order chi connectivity index (χ1) is 7.00. The molecule has 1 rings (SSSR count). The fraction of sp³-hybridized carbons (Fsp3) is 0.909. The molecule has 1 amide bonds. The van der Waals surface area contributed by atoms with Crippen LogP contribution in [0, 0.1) is 0 Å². The van der Waals surface area contributed by atoms with Crippen LogP contribution >= 0.6 is 0 Å². The Bertz CT molecular complexity index is 229. The molecule has 0 radical (unpaired) electrons. The lowest BCUT2D eigenvalue weighted by Gasteiger charge is -2.44. The molecule has 0 aromatic carbocycles. The molecule has 0 bridgehead atoms. The largest absolute Gasteiger partial charge is 0.396 e. The van der Waals surface area contributed by atoms with Gasteiger partial charge in [-0.15, -0.1) is 0 Å². The third-order valence-electron chi connectivity index (χ3n) is 3.20. The van der Waals surface area contributed by atoms with Gasteiger partial charge in [0.15, 0.2) is 0 Å². The summed E-state index contributed by atoms with van der Waals surface area (Å²) in [5.41, 5.74) is -0.386. The molecule has 0 atom stereocenters. The van der Waals surface area contributed by atoms with E-state index in [4.69, 9.17) is 5.11 Å². The first kappa shape index (κ1) is 12.5. The Morgan fingerprint density at radius 2 is 2.00 bits per heavy atom. The maximum atomic E-state index is 11.9. The Kier molecular flexibility index (Phi) is 4.11. The number of amides is 1. The zero-order valence-electron chi connectivity index (χ0n) is 9.99. The monoisotopic (exact) mass is 214 g/mol.